The van der Waals surface area contributed by atoms with Gasteiger partial charge >= 0.3 is 0 Å². The van der Waals surface area contributed by atoms with Gasteiger partial charge in [0.15, 0.2) is 11.5 Å². The van der Waals surface area contributed by atoms with Crippen molar-refractivity contribution in [1.29, 1.82) is 0 Å². The maximum Gasteiger partial charge on any atom is 0.251 e. The maximum atomic E-state index is 12.3. The van der Waals surface area contributed by atoms with Crippen molar-refractivity contribution < 1.29 is 14.3 Å². The predicted octanol–water partition coefficient (Wildman–Crippen LogP) is 3.23. The zero-order valence-electron chi connectivity index (χ0n) is 14.7. The number of nitrogens with one attached hydrogen (secondary N) is 1. The van der Waals surface area contributed by atoms with Crippen LogP contribution in [0.1, 0.15) is 29.8 Å². The molecule has 5 nitrogen and oxygen atoms in total. The zero-order valence-corrected chi connectivity index (χ0v) is 14.7. The molecular weight excluding hydrogens is 316 g/mol. The zero-order chi connectivity index (χ0) is 17.6. The van der Waals surface area contributed by atoms with Crippen molar-refractivity contribution in [2.24, 2.45) is 0 Å². The second-order valence-electron chi connectivity index (χ2n) is 5.88. The predicted molar refractivity (Wildman–Crippen MR) is 98.6 cm³/mol. The van der Waals surface area contributed by atoms with Crippen LogP contribution in [-0.2, 0) is 6.54 Å². The van der Waals surface area contributed by atoms with E-state index >= 15 is 0 Å². The van der Waals surface area contributed by atoms with Crippen molar-refractivity contribution in [2.75, 3.05) is 31.2 Å². The summed E-state index contributed by atoms with van der Waals surface area (Å²) in [6, 6.07) is 13.5. The largest absolute Gasteiger partial charge is 0.486 e. The monoisotopic (exact) mass is 340 g/mol. The molecule has 0 aliphatic carbocycles. The summed E-state index contributed by atoms with van der Waals surface area (Å²) in [6.45, 7) is 7.73. The molecule has 0 aromatic heterocycles. The summed E-state index contributed by atoms with van der Waals surface area (Å²) in [4.78, 5) is 14.6. The second-order valence-corrected chi connectivity index (χ2v) is 5.88. The van der Waals surface area contributed by atoms with Gasteiger partial charge in [0.05, 0.1) is 0 Å². The molecule has 0 radical (unpaired) electrons. The lowest BCUT2D eigenvalue weighted by Crippen LogP contribution is -2.24. The van der Waals surface area contributed by atoms with Crippen LogP contribution in [0.4, 0.5) is 5.69 Å². The number of nitrogens with zero attached hydrogens (tertiary/aromatic N) is 1. The molecule has 0 unspecified atom stereocenters. The minimum Gasteiger partial charge on any atom is -0.486 e. The number of hydrogen-bond acceptors (Lipinski definition) is 4. The Morgan fingerprint density at radius 3 is 2.36 bits per heavy atom. The third-order valence-corrected chi connectivity index (χ3v) is 4.32. The van der Waals surface area contributed by atoms with Gasteiger partial charge in [-0.25, -0.2) is 0 Å². The van der Waals surface area contributed by atoms with Crippen molar-refractivity contribution in [1.82, 2.24) is 5.32 Å². The fourth-order valence-corrected chi connectivity index (χ4v) is 2.89. The summed E-state index contributed by atoms with van der Waals surface area (Å²) >= 11 is 0. The highest BCUT2D eigenvalue weighted by Crippen LogP contribution is 2.30. The molecule has 1 N–H and O–H groups in total. The summed E-state index contributed by atoms with van der Waals surface area (Å²) < 4.78 is 11.1. The first-order valence-corrected chi connectivity index (χ1v) is 8.73. The Hall–Kier alpha value is -2.69. The van der Waals surface area contributed by atoms with E-state index in [0.717, 1.165) is 35.8 Å². The number of fused-ring (bicyclic) bond motifs is 1. The second kappa shape index (κ2) is 7.92. The molecule has 3 rings (SSSR count). The first kappa shape index (κ1) is 17.1. The number of benzene rings is 2. The summed E-state index contributed by atoms with van der Waals surface area (Å²) in [5.74, 6) is 1.41. The smallest absolute Gasteiger partial charge is 0.251 e. The van der Waals surface area contributed by atoms with Crippen molar-refractivity contribution in [3.63, 3.8) is 0 Å². The van der Waals surface area contributed by atoms with E-state index in [1.807, 2.05) is 42.5 Å². The van der Waals surface area contributed by atoms with Gasteiger partial charge < -0.3 is 19.7 Å². The lowest BCUT2D eigenvalue weighted by atomic mass is 10.1. The summed E-state index contributed by atoms with van der Waals surface area (Å²) in [6.07, 6.45) is 0. The van der Waals surface area contributed by atoms with Crippen LogP contribution >= 0.6 is 0 Å². The lowest BCUT2D eigenvalue weighted by Gasteiger charge is -2.21. The van der Waals surface area contributed by atoms with Crippen LogP contribution in [0.25, 0.3) is 0 Å². The Morgan fingerprint density at radius 2 is 1.68 bits per heavy atom. The van der Waals surface area contributed by atoms with Gasteiger partial charge in [-0.1, -0.05) is 6.07 Å². The van der Waals surface area contributed by atoms with E-state index in [4.69, 9.17) is 9.47 Å². The van der Waals surface area contributed by atoms with E-state index in [2.05, 4.69) is 24.1 Å². The minimum absolute atomic E-state index is 0.0824. The molecule has 1 amide bonds. The molecule has 25 heavy (non-hydrogen) atoms. The number of carbonyl (C=O) groups is 1. The van der Waals surface area contributed by atoms with Crippen molar-refractivity contribution in [2.45, 2.75) is 20.4 Å². The average molecular weight is 340 g/mol. The molecule has 0 bridgehead atoms. The van der Waals surface area contributed by atoms with E-state index in [1.54, 1.807) is 0 Å². The van der Waals surface area contributed by atoms with Crippen LogP contribution in [0.2, 0.25) is 0 Å². The van der Waals surface area contributed by atoms with Crippen LogP contribution < -0.4 is 19.7 Å². The molecule has 2 aromatic rings. The van der Waals surface area contributed by atoms with E-state index in [1.165, 1.54) is 0 Å². The first-order valence-electron chi connectivity index (χ1n) is 8.73. The lowest BCUT2D eigenvalue weighted by molar-refractivity contribution is 0.0951. The Kier molecular flexibility index (Phi) is 5.43. The van der Waals surface area contributed by atoms with Gasteiger partial charge in [-0.05, 0) is 55.8 Å². The van der Waals surface area contributed by atoms with Crippen LogP contribution in [0.5, 0.6) is 11.5 Å². The standard InChI is InChI=1S/C20H24N2O3/c1-3-22(4-2)17-8-6-16(7-9-17)20(23)21-14-15-5-10-18-19(13-15)25-12-11-24-18/h5-10,13H,3-4,11-12,14H2,1-2H3,(H,21,23). The minimum atomic E-state index is -0.0824. The van der Waals surface area contributed by atoms with E-state index in [9.17, 15) is 4.79 Å². The Bertz CT molecular complexity index is 724. The van der Waals surface area contributed by atoms with Crippen LogP contribution in [0.15, 0.2) is 42.5 Å². The Morgan fingerprint density at radius 1 is 1.00 bits per heavy atom. The molecule has 132 valence electrons. The number of rotatable bonds is 6. The molecule has 0 saturated heterocycles. The normalized spacial score (nSPS) is 12.6. The van der Waals surface area contributed by atoms with Crippen molar-refractivity contribution >= 4 is 11.6 Å². The van der Waals surface area contributed by atoms with Gasteiger partial charge in [0.25, 0.3) is 5.91 Å². The molecule has 0 spiro atoms. The van der Waals surface area contributed by atoms with Crippen LogP contribution in [0, 0.1) is 0 Å². The van der Waals surface area contributed by atoms with E-state index in [0.29, 0.717) is 25.3 Å². The quantitative estimate of drug-likeness (QED) is 0.877. The third kappa shape index (κ3) is 4.05. The Labute approximate surface area is 148 Å². The number of amides is 1. The van der Waals surface area contributed by atoms with Gasteiger partial charge in [0, 0.05) is 30.9 Å². The SMILES string of the molecule is CCN(CC)c1ccc(C(=O)NCc2ccc3c(c2)OCCO3)cc1. The van der Waals surface area contributed by atoms with Crippen molar-refractivity contribution in [3.05, 3.63) is 53.6 Å². The summed E-state index contributed by atoms with van der Waals surface area (Å²) in [5.41, 5.74) is 2.78. The maximum absolute atomic E-state index is 12.3. The number of anilines is 1. The number of ether oxygens (including phenoxy) is 2. The van der Waals surface area contributed by atoms with Gasteiger partial charge in [0.1, 0.15) is 13.2 Å². The number of hydrogen-bond donors (Lipinski definition) is 1. The highest BCUT2D eigenvalue weighted by Gasteiger charge is 2.12. The molecular formula is C20H24N2O3. The molecule has 0 saturated carbocycles. The highest BCUT2D eigenvalue weighted by atomic mass is 16.6. The van der Waals surface area contributed by atoms with Crippen LogP contribution in [0.3, 0.4) is 0 Å². The molecule has 1 aliphatic rings. The fourth-order valence-electron chi connectivity index (χ4n) is 2.89. The molecule has 1 aliphatic heterocycles. The molecule has 1 heterocycles. The highest BCUT2D eigenvalue weighted by molar-refractivity contribution is 5.94. The fraction of sp³-hybridized carbons (Fsp3) is 0.350. The van der Waals surface area contributed by atoms with Gasteiger partial charge in [-0.15, -0.1) is 0 Å². The van der Waals surface area contributed by atoms with E-state index in [-0.39, 0.29) is 5.91 Å². The van der Waals surface area contributed by atoms with Crippen molar-refractivity contribution in [3.8, 4) is 11.5 Å². The first-order chi connectivity index (χ1) is 12.2. The van der Waals surface area contributed by atoms with E-state index < -0.39 is 0 Å². The molecule has 5 heteroatoms. The topological polar surface area (TPSA) is 50.8 Å². The van der Waals surface area contributed by atoms with Gasteiger partial charge in [-0.2, -0.15) is 0 Å². The average Bonchev–Trinajstić information content (AvgIpc) is 2.67. The summed E-state index contributed by atoms with van der Waals surface area (Å²) in [5, 5.41) is 2.95. The molecule has 2 aromatic carbocycles. The molecule has 0 atom stereocenters. The van der Waals surface area contributed by atoms with Crippen LogP contribution in [-0.4, -0.2) is 32.2 Å². The molecule has 0 fully saturated rings. The number of carbonyl (C=O) groups excluding carboxylic acids is 1. The van der Waals surface area contributed by atoms with Gasteiger partial charge in [0.2, 0.25) is 0 Å². The van der Waals surface area contributed by atoms with Gasteiger partial charge in [-0.3, -0.25) is 4.79 Å². The Balaban J connectivity index is 1.60. The third-order valence-electron chi connectivity index (χ3n) is 4.32. The summed E-state index contributed by atoms with van der Waals surface area (Å²) in [7, 11) is 0.